The van der Waals surface area contributed by atoms with Gasteiger partial charge in [-0.05, 0) is 38.5 Å². The molecule has 0 fully saturated rings. The van der Waals surface area contributed by atoms with E-state index in [9.17, 15) is 14.4 Å². The van der Waals surface area contributed by atoms with Crippen LogP contribution in [0.1, 0.15) is 39.0 Å². The molecule has 0 saturated carbocycles. The summed E-state index contributed by atoms with van der Waals surface area (Å²) < 4.78 is 6.39. The average molecular weight is 328 g/mol. The Morgan fingerprint density at radius 3 is 2.33 bits per heavy atom. The van der Waals surface area contributed by atoms with Crippen LogP contribution in [0, 0.1) is 13.8 Å². The average Bonchev–Trinajstić information content (AvgIpc) is 2.77. The van der Waals surface area contributed by atoms with Crippen molar-refractivity contribution in [1.29, 1.82) is 0 Å². The van der Waals surface area contributed by atoms with Crippen LogP contribution in [0.25, 0.3) is 0 Å². The van der Waals surface area contributed by atoms with E-state index < -0.39 is 11.8 Å². The molecule has 0 aliphatic heterocycles. The minimum Gasteiger partial charge on any atom is -0.460 e. The van der Waals surface area contributed by atoms with Gasteiger partial charge >= 0.3 is 5.97 Å². The summed E-state index contributed by atoms with van der Waals surface area (Å²) in [6.45, 7) is 5.10. The first kappa shape index (κ1) is 17.5. The van der Waals surface area contributed by atoms with E-state index in [1.165, 1.54) is 0 Å². The Hall–Kier alpha value is -2.89. The second kappa shape index (κ2) is 7.12. The molecule has 0 unspecified atom stereocenters. The highest BCUT2D eigenvalue weighted by molar-refractivity contribution is 6.41. The SMILES string of the molecule is CCOC(=O)C(=O)c1c(C)c(C(=O)Nc2ccccc2)n(C)c1C. The molecule has 0 spiro atoms. The summed E-state index contributed by atoms with van der Waals surface area (Å²) in [6.07, 6.45) is 0. The van der Waals surface area contributed by atoms with Crippen LogP contribution in [-0.2, 0) is 16.6 Å². The maximum atomic E-state index is 12.6. The monoisotopic (exact) mass is 328 g/mol. The van der Waals surface area contributed by atoms with Gasteiger partial charge in [0.25, 0.3) is 11.7 Å². The quantitative estimate of drug-likeness (QED) is 0.520. The van der Waals surface area contributed by atoms with Crippen LogP contribution in [0.15, 0.2) is 30.3 Å². The van der Waals surface area contributed by atoms with Gasteiger partial charge in [-0.25, -0.2) is 4.79 Å². The van der Waals surface area contributed by atoms with Crippen molar-refractivity contribution in [3.05, 3.63) is 52.8 Å². The third-order valence-corrected chi connectivity index (χ3v) is 3.87. The molecule has 1 N–H and O–H groups in total. The third-order valence-electron chi connectivity index (χ3n) is 3.87. The Labute approximate surface area is 140 Å². The van der Waals surface area contributed by atoms with Crippen LogP contribution in [0.2, 0.25) is 0 Å². The van der Waals surface area contributed by atoms with Crippen LogP contribution >= 0.6 is 0 Å². The van der Waals surface area contributed by atoms with Crippen molar-refractivity contribution in [3.63, 3.8) is 0 Å². The van der Waals surface area contributed by atoms with E-state index in [0.717, 1.165) is 0 Å². The van der Waals surface area contributed by atoms with Crippen molar-refractivity contribution in [2.45, 2.75) is 20.8 Å². The number of hydrogen-bond donors (Lipinski definition) is 1. The van der Waals surface area contributed by atoms with Gasteiger partial charge in [0.2, 0.25) is 0 Å². The maximum Gasteiger partial charge on any atom is 0.379 e. The van der Waals surface area contributed by atoms with Crippen molar-refractivity contribution >= 4 is 23.3 Å². The number of ketones is 1. The zero-order valence-electron chi connectivity index (χ0n) is 14.2. The number of benzene rings is 1. The number of amides is 1. The van der Waals surface area contributed by atoms with E-state index in [0.29, 0.717) is 22.6 Å². The van der Waals surface area contributed by atoms with Crippen molar-refractivity contribution in [3.8, 4) is 0 Å². The van der Waals surface area contributed by atoms with Crippen LogP contribution in [0.5, 0.6) is 0 Å². The summed E-state index contributed by atoms with van der Waals surface area (Å²) in [5, 5.41) is 2.79. The van der Waals surface area contributed by atoms with E-state index in [1.807, 2.05) is 18.2 Å². The minimum absolute atomic E-state index is 0.122. The van der Waals surface area contributed by atoms with Gasteiger partial charge in [-0.1, -0.05) is 18.2 Å². The molecule has 2 rings (SSSR count). The van der Waals surface area contributed by atoms with Gasteiger partial charge in [0, 0.05) is 18.4 Å². The summed E-state index contributed by atoms with van der Waals surface area (Å²) in [5.74, 6) is -1.99. The van der Waals surface area contributed by atoms with Gasteiger partial charge in [0.1, 0.15) is 5.69 Å². The minimum atomic E-state index is -0.913. The Morgan fingerprint density at radius 2 is 1.75 bits per heavy atom. The summed E-state index contributed by atoms with van der Waals surface area (Å²) in [4.78, 5) is 36.6. The first-order valence-corrected chi connectivity index (χ1v) is 7.62. The lowest BCUT2D eigenvalue weighted by atomic mass is 10.1. The first-order chi connectivity index (χ1) is 11.4. The fourth-order valence-corrected chi connectivity index (χ4v) is 2.64. The molecule has 126 valence electrons. The molecule has 0 saturated heterocycles. The van der Waals surface area contributed by atoms with Gasteiger partial charge in [0.05, 0.1) is 12.2 Å². The molecule has 1 aromatic carbocycles. The molecule has 0 radical (unpaired) electrons. The lowest BCUT2D eigenvalue weighted by molar-refractivity contribution is -0.137. The van der Waals surface area contributed by atoms with Crippen molar-refractivity contribution in [2.75, 3.05) is 11.9 Å². The van der Waals surface area contributed by atoms with Crippen LogP contribution in [0.3, 0.4) is 0 Å². The summed E-state index contributed by atoms with van der Waals surface area (Å²) in [7, 11) is 1.68. The Bertz CT molecular complexity index is 791. The molecule has 0 atom stereocenters. The van der Waals surface area contributed by atoms with Crippen LogP contribution in [0.4, 0.5) is 5.69 Å². The molecule has 6 nitrogen and oxygen atoms in total. The number of hydrogen-bond acceptors (Lipinski definition) is 4. The van der Waals surface area contributed by atoms with Gasteiger partial charge < -0.3 is 14.6 Å². The molecular formula is C18H20N2O4. The predicted molar refractivity (Wildman–Crippen MR) is 90.2 cm³/mol. The van der Waals surface area contributed by atoms with Gasteiger partial charge in [-0.2, -0.15) is 0 Å². The lowest BCUT2D eigenvalue weighted by Crippen LogP contribution is -2.19. The second-order valence-corrected chi connectivity index (χ2v) is 5.36. The molecule has 1 amide bonds. The number of aromatic nitrogens is 1. The standard InChI is InChI=1S/C18H20N2O4/c1-5-24-18(23)16(21)14-11(2)15(20(4)12(14)3)17(22)19-13-9-7-6-8-10-13/h6-10H,5H2,1-4H3,(H,19,22). The molecule has 0 bridgehead atoms. The van der Waals surface area contributed by atoms with Gasteiger partial charge in [-0.15, -0.1) is 0 Å². The van der Waals surface area contributed by atoms with Crippen LogP contribution < -0.4 is 5.32 Å². The topological polar surface area (TPSA) is 77.4 Å². The maximum absolute atomic E-state index is 12.6. The van der Waals surface area contributed by atoms with Crippen molar-refractivity contribution in [1.82, 2.24) is 4.57 Å². The number of nitrogens with one attached hydrogen (secondary N) is 1. The normalized spacial score (nSPS) is 10.3. The number of rotatable bonds is 5. The Kier molecular flexibility index (Phi) is 5.18. The molecular weight excluding hydrogens is 308 g/mol. The number of esters is 1. The molecule has 1 aromatic heterocycles. The highest BCUT2D eigenvalue weighted by Gasteiger charge is 2.29. The summed E-state index contributed by atoms with van der Waals surface area (Å²) in [5.41, 5.74) is 2.21. The van der Waals surface area contributed by atoms with Crippen molar-refractivity contribution in [2.24, 2.45) is 7.05 Å². The van der Waals surface area contributed by atoms with Crippen molar-refractivity contribution < 1.29 is 19.1 Å². The molecule has 2 aromatic rings. The number of nitrogens with zero attached hydrogens (tertiary/aromatic N) is 1. The zero-order valence-corrected chi connectivity index (χ0v) is 14.2. The first-order valence-electron chi connectivity index (χ1n) is 7.62. The smallest absolute Gasteiger partial charge is 0.379 e. The fourth-order valence-electron chi connectivity index (χ4n) is 2.64. The highest BCUT2D eigenvalue weighted by Crippen LogP contribution is 2.23. The second-order valence-electron chi connectivity index (χ2n) is 5.36. The molecule has 6 heteroatoms. The molecule has 24 heavy (non-hydrogen) atoms. The molecule has 0 aliphatic rings. The number of Topliss-reactive ketones (excluding diaryl/α,β-unsaturated/α-hetero) is 1. The number of para-hydroxylation sites is 1. The Morgan fingerprint density at radius 1 is 1.12 bits per heavy atom. The van der Waals surface area contributed by atoms with E-state index in [-0.39, 0.29) is 18.1 Å². The molecule has 1 heterocycles. The molecule has 0 aliphatic carbocycles. The predicted octanol–water partition coefficient (Wildman–Crippen LogP) is 2.64. The zero-order chi connectivity index (χ0) is 17.9. The van der Waals surface area contributed by atoms with E-state index in [4.69, 9.17) is 4.74 Å². The third kappa shape index (κ3) is 3.22. The Balaban J connectivity index is 2.39. The van der Waals surface area contributed by atoms with E-state index in [1.54, 1.807) is 44.5 Å². The highest BCUT2D eigenvalue weighted by atomic mass is 16.5. The number of ether oxygens (including phenoxy) is 1. The number of carbonyl (C=O) groups excluding carboxylic acids is 3. The van der Waals surface area contributed by atoms with E-state index in [2.05, 4.69) is 5.32 Å². The largest absolute Gasteiger partial charge is 0.460 e. The van der Waals surface area contributed by atoms with Gasteiger partial charge in [-0.3, -0.25) is 9.59 Å². The van der Waals surface area contributed by atoms with Crippen LogP contribution in [-0.4, -0.2) is 28.8 Å². The van der Waals surface area contributed by atoms with E-state index >= 15 is 0 Å². The summed E-state index contributed by atoms with van der Waals surface area (Å²) in [6, 6.07) is 9.02. The summed E-state index contributed by atoms with van der Waals surface area (Å²) >= 11 is 0. The van der Waals surface area contributed by atoms with Gasteiger partial charge in [0.15, 0.2) is 0 Å². The number of carbonyl (C=O) groups is 3. The fraction of sp³-hybridized carbons (Fsp3) is 0.278. The lowest BCUT2D eigenvalue weighted by Gasteiger charge is -2.08. The number of anilines is 1.